The van der Waals surface area contributed by atoms with E-state index < -0.39 is 5.60 Å². The molecule has 1 amide bonds. The molecule has 0 aromatic carbocycles. The fraction of sp³-hybridized carbons (Fsp3) is 0.733. The Morgan fingerprint density at radius 3 is 2.85 bits per heavy atom. The van der Waals surface area contributed by atoms with E-state index in [4.69, 9.17) is 4.74 Å². The van der Waals surface area contributed by atoms with Gasteiger partial charge in [0.2, 0.25) is 0 Å². The topological polar surface area (TPSA) is 56.2 Å². The maximum atomic E-state index is 11.6. The molecule has 1 aromatic rings. The lowest BCUT2D eigenvalue weighted by Crippen LogP contribution is -2.33. The van der Waals surface area contributed by atoms with Crippen molar-refractivity contribution < 1.29 is 9.53 Å². The summed E-state index contributed by atoms with van der Waals surface area (Å²) in [7, 11) is 0. The van der Waals surface area contributed by atoms with Crippen molar-refractivity contribution in [3.05, 3.63) is 18.2 Å². The predicted octanol–water partition coefficient (Wildman–Crippen LogP) is 2.92. The maximum Gasteiger partial charge on any atom is 0.407 e. The molecule has 112 valence electrons. The highest BCUT2D eigenvalue weighted by atomic mass is 16.6. The number of rotatable bonds is 5. The lowest BCUT2D eigenvalue weighted by atomic mass is 10.2. The van der Waals surface area contributed by atoms with E-state index in [2.05, 4.69) is 21.8 Å². The molecule has 1 unspecified atom stereocenters. The maximum absolute atomic E-state index is 11.6. The summed E-state index contributed by atoms with van der Waals surface area (Å²) in [4.78, 5) is 15.8. The molecule has 0 saturated heterocycles. The Hall–Kier alpha value is -1.52. The van der Waals surface area contributed by atoms with Crippen molar-refractivity contribution in [1.29, 1.82) is 0 Å². The van der Waals surface area contributed by atoms with Crippen molar-refractivity contribution in [2.75, 3.05) is 6.54 Å². The molecule has 1 aliphatic rings. The van der Waals surface area contributed by atoms with Crippen molar-refractivity contribution in [3.8, 4) is 0 Å². The van der Waals surface area contributed by atoms with Crippen molar-refractivity contribution in [1.82, 2.24) is 14.9 Å². The van der Waals surface area contributed by atoms with Gasteiger partial charge < -0.3 is 14.6 Å². The van der Waals surface area contributed by atoms with E-state index in [0.29, 0.717) is 12.6 Å². The molecule has 0 bridgehead atoms. The number of carbonyl (C=O) groups excluding carboxylic acids is 1. The van der Waals surface area contributed by atoms with E-state index in [1.54, 1.807) is 0 Å². The van der Waals surface area contributed by atoms with Crippen molar-refractivity contribution in [2.24, 2.45) is 5.92 Å². The second kappa shape index (κ2) is 5.85. The van der Waals surface area contributed by atoms with Crippen molar-refractivity contribution >= 4 is 6.09 Å². The molecule has 20 heavy (non-hydrogen) atoms. The third kappa shape index (κ3) is 4.25. The van der Waals surface area contributed by atoms with Crippen molar-refractivity contribution in [2.45, 2.75) is 58.6 Å². The normalized spacial score (nSPS) is 16.8. The largest absolute Gasteiger partial charge is 0.444 e. The molecule has 5 nitrogen and oxygen atoms in total. The standard InChI is InChI=1S/C15H25N3O2/c1-11(12-5-6-12)18-10-16-9-13(18)7-8-17-14(19)20-15(2,3)4/h9-12H,5-8H2,1-4H3,(H,17,19). The van der Waals surface area contributed by atoms with Crippen LogP contribution in [-0.4, -0.2) is 27.8 Å². The average Bonchev–Trinajstić information content (AvgIpc) is 3.06. The zero-order chi connectivity index (χ0) is 14.8. The summed E-state index contributed by atoms with van der Waals surface area (Å²) in [6, 6.07) is 0.508. The minimum Gasteiger partial charge on any atom is -0.444 e. The van der Waals surface area contributed by atoms with E-state index in [9.17, 15) is 4.79 Å². The molecule has 5 heteroatoms. The summed E-state index contributed by atoms with van der Waals surface area (Å²) in [6.45, 7) is 8.39. The second-order valence-electron chi connectivity index (χ2n) is 6.55. The monoisotopic (exact) mass is 279 g/mol. The van der Waals surface area contributed by atoms with Gasteiger partial charge in [-0.05, 0) is 46.5 Å². The molecular formula is C15H25N3O2. The number of ether oxygens (including phenoxy) is 1. The van der Waals surface area contributed by atoms with E-state index in [-0.39, 0.29) is 6.09 Å². The Bertz CT molecular complexity index is 458. The molecular weight excluding hydrogens is 254 g/mol. The quantitative estimate of drug-likeness (QED) is 0.901. The predicted molar refractivity (Wildman–Crippen MR) is 77.6 cm³/mol. The zero-order valence-electron chi connectivity index (χ0n) is 12.8. The molecule has 1 fully saturated rings. The third-order valence-electron chi connectivity index (χ3n) is 3.54. The SMILES string of the molecule is CC(C1CC1)n1cncc1CCNC(=O)OC(C)(C)C. The van der Waals surface area contributed by atoms with E-state index in [1.165, 1.54) is 18.5 Å². The van der Waals surface area contributed by atoms with Crippen LogP contribution in [0.4, 0.5) is 4.79 Å². The first-order chi connectivity index (χ1) is 9.37. The molecule has 1 aliphatic carbocycles. The van der Waals surface area contributed by atoms with E-state index >= 15 is 0 Å². The summed E-state index contributed by atoms with van der Waals surface area (Å²) in [5.41, 5.74) is 0.715. The fourth-order valence-electron chi connectivity index (χ4n) is 2.30. The van der Waals surface area contributed by atoms with Crippen LogP contribution in [0.2, 0.25) is 0 Å². The number of nitrogens with one attached hydrogen (secondary N) is 1. The highest BCUT2D eigenvalue weighted by molar-refractivity contribution is 5.67. The number of hydrogen-bond acceptors (Lipinski definition) is 3. The molecule has 1 aromatic heterocycles. The van der Waals surface area contributed by atoms with Crippen LogP contribution in [-0.2, 0) is 11.2 Å². The third-order valence-corrected chi connectivity index (χ3v) is 3.54. The molecule has 2 rings (SSSR count). The highest BCUT2D eigenvalue weighted by Crippen LogP contribution is 2.39. The number of hydrogen-bond donors (Lipinski definition) is 1. The van der Waals surface area contributed by atoms with Gasteiger partial charge in [-0.25, -0.2) is 9.78 Å². The number of nitrogens with zero attached hydrogens (tertiary/aromatic N) is 2. The number of carbonyl (C=O) groups is 1. The minimum atomic E-state index is -0.452. The van der Waals surface area contributed by atoms with Gasteiger partial charge in [-0.15, -0.1) is 0 Å². The lowest BCUT2D eigenvalue weighted by Gasteiger charge is -2.20. The number of imidazole rings is 1. The van der Waals surface area contributed by atoms with Gasteiger partial charge in [0.25, 0.3) is 0 Å². The number of alkyl carbamates (subject to hydrolysis) is 1. The van der Waals surface area contributed by atoms with Gasteiger partial charge in [-0.1, -0.05) is 0 Å². The summed E-state index contributed by atoms with van der Waals surface area (Å²) in [5.74, 6) is 0.793. The molecule has 0 aliphatic heterocycles. The summed E-state index contributed by atoms with van der Waals surface area (Å²) in [5, 5.41) is 2.79. The van der Waals surface area contributed by atoms with E-state index in [1.807, 2.05) is 33.3 Å². The molecule has 1 N–H and O–H groups in total. The number of aromatic nitrogens is 2. The van der Waals surface area contributed by atoms with Crippen molar-refractivity contribution in [3.63, 3.8) is 0 Å². The van der Waals surface area contributed by atoms with Crippen LogP contribution in [0.25, 0.3) is 0 Å². The summed E-state index contributed by atoms with van der Waals surface area (Å²) >= 11 is 0. The Kier molecular flexibility index (Phi) is 4.35. The Morgan fingerprint density at radius 2 is 2.25 bits per heavy atom. The first-order valence-electron chi connectivity index (χ1n) is 7.34. The van der Waals surface area contributed by atoms with Gasteiger partial charge in [0, 0.05) is 30.9 Å². The molecule has 1 saturated carbocycles. The van der Waals surface area contributed by atoms with Crippen LogP contribution in [0.3, 0.4) is 0 Å². The van der Waals surface area contributed by atoms with Crippen LogP contribution >= 0.6 is 0 Å². The van der Waals surface area contributed by atoms with Gasteiger partial charge in [-0.2, -0.15) is 0 Å². The smallest absolute Gasteiger partial charge is 0.407 e. The number of amides is 1. The summed E-state index contributed by atoms with van der Waals surface area (Å²) in [6.07, 6.45) is 6.82. The lowest BCUT2D eigenvalue weighted by molar-refractivity contribution is 0.0528. The second-order valence-corrected chi connectivity index (χ2v) is 6.55. The molecule has 0 spiro atoms. The molecule has 1 heterocycles. The Labute approximate surface area is 120 Å². The van der Waals surface area contributed by atoms with Gasteiger partial charge in [0.05, 0.1) is 6.33 Å². The van der Waals surface area contributed by atoms with Crippen LogP contribution in [0.15, 0.2) is 12.5 Å². The summed E-state index contributed by atoms with van der Waals surface area (Å²) < 4.78 is 7.44. The minimum absolute atomic E-state index is 0.362. The van der Waals surface area contributed by atoms with Crippen LogP contribution < -0.4 is 5.32 Å². The van der Waals surface area contributed by atoms with E-state index in [0.717, 1.165) is 12.3 Å². The van der Waals surface area contributed by atoms with Gasteiger partial charge in [-0.3, -0.25) is 0 Å². The Balaban J connectivity index is 1.80. The average molecular weight is 279 g/mol. The van der Waals surface area contributed by atoms with Crippen LogP contribution in [0, 0.1) is 5.92 Å². The Morgan fingerprint density at radius 1 is 1.55 bits per heavy atom. The zero-order valence-corrected chi connectivity index (χ0v) is 12.8. The molecule has 0 radical (unpaired) electrons. The van der Waals surface area contributed by atoms with Crippen LogP contribution in [0.1, 0.15) is 52.3 Å². The van der Waals surface area contributed by atoms with Gasteiger partial charge >= 0.3 is 6.09 Å². The first-order valence-corrected chi connectivity index (χ1v) is 7.34. The highest BCUT2D eigenvalue weighted by Gasteiger charge is 2.29. The van der Waals surface area contributed by atoms with Crippen LogP contribution in [0.5, 0.6) is 0 Å². The molecule has 1 atom stereocenters. The van der Waals surface area contributed by atoms with Gasteiger partial charge in [0.15, 0.2) is 0 Å². The fourth-order valence-corrected chi connectivity index (χ4v) is 2.30. The van der Waals surface area contributed by atoms with Gasteiger partial charge in [0.1, 0.15) is 5.60 Å². The first kappa shape index (κ1) is 14.9.